The second kappa shape index (κ2) is 7.68. The number of nitrogens with one attached hydrogen (secondary N) is 1. The SMILES string of the molecule is CC[C@H](C)[C@H](NC(=O)[C@H](C(C)C)N1Cc2ccccc2C1=O)C(=O)O. The van der Waals surface area contributed by atoms with Crippen molar-refractivity contribution in [1.29, 1.82) is 0 Å². The Labute approximate surface area is 148 Å². The molecule has 0 spiro atoms. The van der Waals surface area contributed by atoms with Crippen molar-refractivity contribution in [3.05, 3.63) is 35.4 Å². The van der Waals surface area contributed by atoms with Gasteiger partial charge in [-0.25, -0.2) is 4.79 Å². The molecule has 6 heteroatoms. The van der Waals surface area contributed by atoms with Crippen LogP contribution in [0, 0.1) is 11.8 Å². The maximum absolute atomic E-state index is 12.8. The van der Waals surface area contributed by atoms with Crippen molar-refractivity contribution >= 4 is 17.8 Å². The van der Waals surface area contributed by atoms with Crippen LogP contribution in [0.2, 0.25) is 0 Å². The molecule has 0 aromatic heterocycles. The van der Waals surface area contributed by atoms with Crippen LogP contribution in [0.3, 0.4) is 0 Å². The van der Waals surface area contributed by atoms with E-state index in [0.717, 1.165) is 5.56 Å². The fourth-order valence-corrected chi connectivity index (χ4v) is 3.23. The van der Waals surface area contributed by atoms with Crippen molar-refractivity contribution in [2.75, 3.05) is 0 Å². The Morgan fingerprint density at radius 2 is 1.88 bits per heavy atom. The van der Waals surface area contributed by atoms with E-state index in [1.165, 1.54) is 0 Å². The molecule has 136 valence electrons. The molecule has 1 aliphatic heterocycles. The Morgan fingerprint density at radius 1 is 1.24 bits per heavy atom. The highest BCUT2D eigenvalue weighted by atomic mass is 16.4. The average Bonchev–Trinajstić information content (AvgIpc) is 2.88. The van der Waals surface area contributed by atoms with Gasteiger partial charge in [0.15, 0.2) is 0 Å². The molecule has 0 unspecified atom stereocenters. The molecular formula is C19H26N2O4. The van der Waals surface area contributed by atoms with Crippen molar-refractivity contribution in [2.24, 2.45) is 11.8 Å². The fraction of sp³-hybridized carbons (Fsp3) is 0.526. The summed E-state index contributed by atoms with van der Waals surface area (Å²) in [6, 6.07) is 5.63. The number of carbonyl (C=O) groups excluding carboxylic acids is 2. The van der Waals surface area contributed by atoms with E-state index in [9.17, 15) is 19.5 Å². The van der Waals surface area contributed by atoms with E-state index >= 15 is 0 Å². The average molecular weight is 346 g/mol. The number of fused-ring (bicyclic) bond motifs is 1. The molecule has 0 aliphatic carbocycles. The normalized spacial score (nSPS) is 17.2. The first kappa shape index (κ1) is 19.0. The number of rotatable bonds is 7. The van der Waals surface area contributed by atoms with E-state index in [0.29, 0.717) is 18.5 Å². The minimum atomic E-state index is -1.05. The minimum Gasteiger partial charge on any atom is -0.480 e. The quantitative estimate of drug-likeness (QED) is 0.793. The number of carboxylic acid groups (broad SMARTS) is 1. The van der Waals surface area contributed by atoms with Gasteiger partial charge in [0.25, 0.3) is 5.91 Å². The molecule has 25 heavy (non-hydrogen) atoms. The summed E-state index contributed by atoms with van der Waals surface area (Å²) in [6.45, 7) is 7.76. The largest absolute Gasteiger partial charge is 0.480 e. The second-order valence-corrected chi connectivity index (χ2v) is 6.99. The maximum Gasteiger partial charge on any atom is 0.326 e. The van der Waals surface area contributed by atoms with Crippen molar-refractivity contribution in [3.8, 4) is 0 Å². The van der Waals surface area contributed by atoms with Gasteiger partial charge in [0, 0.05) is 12.1 Å². The van der Waals surface area contributed by atoms with Crippen LogP contribution < -0.4 is 5.32 Å². The molecule has 6 nitrogen and oxygen atoms in total. The zero-order valence-electron chi connectivity index (χ0n) is 15.2. The molecule has 2 rings (SSSR count). The van der Waals surface area contributed by atoms with E-state index in [-0.39, 0.29) is 17.7 Å². The van der Waals surface area contributed by atoms with Gasteiger partial charge < -0.3 is 15.3 Å². The molecule has 0 radical (unpaired) electrons. The van der Waals surface area contributed by atoms with Gasteiger partial charge in [0.2, 0.25) is 5.91 Å². The van der Waals surface area contributed by atoms with Crippen LogP contribution >= 0.6 is 0 Å². The Bertz CT molecular complexity index is 671. The first-order chi connectivity index (χ1) is 11.8. The topological polar surface area (TPSA) is 86.7 Å². The number of hydrogen-bond acceptors (Lipinski definition) is 3. The smallest absolute Gasteiger partial charge is 0.326 e. The van der Waals surface area contributed by atoms with Gasteiger partial charge in [-0.15, -0.1) is 0 Å². The van der Waals surface area contributed by atoms with E-state index in [1.807, 2.05) is 32.9 Å². The van der Waals surface area contributed by atoms with Gasteiger partial charge in [-0.3, -0.25) is 9.59 Å². The minimum absolute atomic E-state index is 0.135. The zero-order chi connectivity index (χ0) is 18.7. The standard InChI is InChI=1S/C19H26N2O4/c1-5-12(4)15(19(24)25)20-17(22)16(11(2)3)21-10-13-8-6-7-9-14(13)18(21)23/h6-9,11-12,15-16H,5,10H2,1-4H3,(H,20,22)(H,24,25)/t12-,15-,16-/m0/s1. The summed E-state index contributed by atoms with van der Waals surface area (Å²) in [4.78, 5) is 38.6. The number of benzene rings is 1. The summed E-state index contributed by atoms with van der Waals surface area (Å²) in [5.41, 5.74) is 1.50. The highest BCUT2D eigenvalue weighted by Gasteiger charge is 2.39. The number of hydrogen-bond donors (Lipinski definition) is 2. The molecule has 1 aromatic carbocycles. The Balaban J connectivity index is 2.23. The summed E-state index contributed by atoms with van der Waals surface area (Å²) >= 11 is 0. The first-order valence-electron chi connectivity index (χ1n) is 8.70. The third kappa shape index (κ3) is 3.83. The summed E-state index contributed by atoms with van der Waals surface area (Å²) < 4.78 is 0. The summed E-state index contributed by atoms with van der Waals surface area (Å²) in [5.74, 6) is -1.98. The molecule has 2 N–H and O–H groups in total. The third-order valence-corrected chi connectivity index (χ3v) is 4.86. The highest BCUT2D eigenvalue weighted by Crippen LogP contribution is 2.27. The molecular weight excluding hydrogens is 320 g/mol. The number of amides is 2. The Kier molecular flexibility index (Phi) is 5.82. The van der Waals surface area contributed by atoms with Crippen LogP contribution in [0.1, 0.15) is 50.0 Å². The highest BCUT2D eigenvalue weighted by molar-refractivity contribution is 6.01. The maximum atomic E-state index is 12.8. The first-order valence-corrected chi connectivity index (χ1v) is 8.70. The van der Waals surface area contributed by atoms with Crippen molar-refractivity contribution in [1.82, 2.24) is 10.2 Å². The lowest BCUT2D eigenvalue weighted by Gasteiger charge is -2.31. The number of aliphatic carboxylic acids is 1. The monoisotopic (exact) mass is 346 g/mol. The zero-order valence-corrected chi connectivity index (χ0v) is 15.2. The van der Waals surface area contributed by atoms with Crippen molar-refractivity contribution in [3.63, 3.8) is 0 Å². The Morgan fingerprint density at radius 3 is 2.40 bits per heavy atom. The molecule has 1 aromatic rings. The van der Waals surface area contributed by atoms with Crippen molar-refractivity contribution < 1.29 is 19.5 Å². The number of carbonyl (C=O) groups is 3. The summed E-state index contributed by atoms with van der Waals surface area (Å²) in [6.07, 6.45) is 0.637. The summed E-state index contributed by atoms with van der Waals surface area (Å²) in [7, 11) is 0. The lowest BCUT2D eigenvalue weighted by molar-refractivity contribution is -0.144. The van der Waals surface area contributed by atoms with Gasteiger partial charge in [-0.1, -0.05) is 52.3 Å². The van der Waals surface area contributed by atoms with E-state index < -0.39 is 24.0 Å². The molecule has 0 saturated carbocycles. The van der Waals surface area contributed by atoms with Gasteiger partial charge in [0.05, 0.1) is 0 Å². The molecule has 0 bridgehead atoms. The third-order valence-electron chi connectivity index (χ3n) is 4.86. The van der Waals surface area contributed by atoms with Gasteiger partial charge >= 0.3 is 5.97 Å². The van der Waals surface area contributed by atoms with Crippen LogP contribution in [-0.2, 0) is 16.1 Å². The molecule has 1 heterocycles. The number of nitrogens with zero attached hydrogens (tertiary/aromatic N) is 1. The van der Waals surface area contributed by atoms with Crippen LogP contribution in [0.5, 0.6) is 0 Å². The van der Waals surface area contributed by atoms with Crippen LogP contribution in [0.15, 0.2) is 24.3 Å². The molecule has 2 amide bonds. The Hall–Kier alpha value is -2.37. The van der Waals surface area contributed by atoms with Gasteiger partial charge in [0.1, 0.15) is 12.1 Å². The van der Waals surface area contributed by atoms with E-state index in [4.69, 9.17) is 0 Å². The van der Waals surface area contributed by atoms with Crippen molar-refractivity contribution in [2.45, 2.75) is 52.7 Å². The van der Waals surface area contributed by atoms with Crippen LogP contribution in [-0.4, -0.2) is 39.9 Å². The second-order valence-electron chi connectivity index (χ2n) is 6.99. The van der Waals surface area contributed by atoms with Crippen LogP contribution in [0.4, 0.5) is 0 Å². The van der Waals surface area contributed by atoms with Gasteiger partial charge in [-0.2, -0.15) is 0 Å². The van der Waals surface area contributed by atoms with E-state index in [1.54, 1.807) is 24.0 Å². The molecule has 3 atom stereocenters. The predicted molar refractivity (Wildman–Crippen MR) is 94.0 cm³/mol. The molecule has 1 aliphatic rings. The molecule has 0 saturated heterocycles. The predicted octanol–water partition coefficient (Wildman–Crippen LogP) is 2.28. The van der Waals surface area contributed by atoms with Crippen LogP contribution in [0.25, 0.3) is 0 Å². The lowest BCUT2D eigenvalue weighted by atomic mass is 9.96. The number of carboxylic acids is 1. The summed E-state index contributed by atoms with van der Waals surface area (Å²) in [5, 5.41) is 12.0. The van der Waals surface area contributed by atoms with E-state index in [2.05, 4.69) is 5.32 Å². The lowest BCUT2D eigenvalue weighted by Crippen LogP contribution is -2.55. The van der Waals surface area contributed by atoms with Gasteiger partial charge in [-0.05, 0) is 23.5 Å². The molecule has 0 fully saturated rings. The fourth-order valence-electron chi connectivity index (χ4n) is 3.23.